The number of likely N-dealkylation sites (N-methyl/N-ethyl adjacent to an activating group) is 1. The molecule has 1 fully saturated rings. The van der Waals surface area contributed by atoms with Gasteiger partial charge in [0.05, 0.1) is 28.0 Å². The van der Waals surface area contributed by atoms with E-state index in [-0.39, 0.29) is 17.8 Å². The van der Waals surface area contributed by atoms with Gasteiger partial charge in [-0.3, -0.25) is 4.79 Å². The first-order chi connectivity index (χ1) is 17.7. The molecule has 2 heterocycles. The quantitative estimate of drug-likeness (QED) is 0.337. The highest BCUT2D eigenvalue weighted by Crippen LogP contribution is 2.32. The zero-order valence-corrected chi connectivity index (χ0v) is 23.4. The Hall–Kier alpha value is -2.61. The number of carbonyl (C=O) groups is 1. The minimum absolute atomic E-state index is 0.0244. The largest absolute Gasteiger partial charge is 0.354 e. The van der Waals surface area contributed by atoms with Crippen molar-refractivity contribution in [3.05, 3.63) is 75.1 Å². The third-order valence-corrected chi connectivity index (χ3v) is 7.95. The third kappa shape index (κ3) is 5.95. The highest BCUT2D eigenvalue weighted by molar-refractivity contribution is 6.42. The summed E-state index contributed by atoms with van der Waals surface area (Å²) in [5.74, 6) is 0.478. The number of halogens is 3. The zero-order chi connectivity index (χ0) is 26.7. The molecule has 6 nitrogen and oxygen atoms in total. The van der Waals surface area contributed by atoms with Gasteiger partial charge in [0.2, 0.25) is 0 Å². The smallest absolute Gasteiger partial charge is 0.254 e. The maximum atomic E-state index is 14.2. The number of aryl methyl sites for hydroxylation is 1. The maximum Gasteiger partial charge on any atom is 0.254 e. The molecule has 0 spiro atoms. The van der Waals surface area contributed by atoms with Crippen LogP contribution in [-0.4, -0.2) is 64.3 Å². The van der Waals surface area contributed by atoms with Crippen molar-refractivity contribution in [3.8, 4) is 5.69 Å². The number of piperazine rings is 1. The lowest BCUT2D eigenvalue weighted by molar-refractivity contribution is 0.0671. The van der Waals surface area contributed by atoms with Gasteiger partial charge in [0.15, 0.2) is 0 Å². The van der Waals surface area contributed by atoms with Crippen LogP contribution < -0.4 is 4.90 Å². The van der Waals surface area contributed by atoms with E-state index in [1.165, 1.54) is 12.1 Å². The molecule has 1 aromatic heterocycles. The highest BCUT2D eigenvalue weighted by Gasteiger charge is 2.29. The molecule has 0 unspecified atom stereocenters. The molecule has 3 aromatic rings. The van der Waals surface area contributed by atoms with Crippen molar-refractivity contribution in [2.45, 2.75) is 46.7 Å². The lowest BCUT2D eigenvalue weighted by atomic mass is 10.1. The van der Waals surface area contributed by atoms with Crippen LogP contribution in [0, 0.1) is 12.7 Å². The van der Waals surface area contributed by atoms with Gasteiger partial charge in [0.25, 0.3) is 5.91 Å². The number of nitrogens with zero attached hydrogens (tertiary/aromatic N) is 5. The Morgan fingerprint density at radius 1 is 1.08 bits per heavy atom. The van der Waals surface area contributed by atoms with Gasteiger partial charge < -0.3 is 14.7 Å². The van der Waals surface area contributed by atoms with Crippen LogP contribution in [0.4, 0.5) is 10.2 Å². The fourth-order valence-electron chi connectivity index (χ4n) is 4.73. The van der Waals surface area contributed by atoms with Crippen LogP contribution in [-0.2, 0) is 6.54 Å². The lowest BCUT2D eigenvalue weighted by Crippen LogP contribution is -2.47. The number of hydrogen-bond donors (Lipinski definition) is 0. The van der Waals surface area contributed by atoms with Crippen molar-refractivity contribution < 1.29 is 9.18 Å². The number of rotatable bonds is 8. The molecular weight excluding hydrogens is 512 g/mol. The van der Waals surface area contributed by atoms with Crippen molar-refractivity contribution in [3.63, 3.8) is 0 Å². The number of benzene rings is 2. The number of hydrogen-bond acceptors (Lipinski definition) is 4. The SMILES string of the molecule is CC[C@@H](C)N(Cc1c(C)nn(-c2cccc(F)c2)c1N1CCN(CC)CC1)C(=O)c1ccc(Cl)c(Cl)c1. The Bertz CT molecular complexity index is 1260. The Morgan fingerprint density at radius 2 is 1.81 bits per heavy atom. The van der Waals surface area contributed by atoms with Crippen LogP contribution in [0.25, 0.3) is 5.69 Å². The zero-order valence-electron chi connectivity index (χ0n) is 21.8. The molecule has 0 N–H and O–H groups in total. The molecule has 0 bridgehead atoms. The normalized spacial score (nSPS) is 15.2. The van der Waals surface area contributed by atoms with Crippen LogP contribution in [0.15, 0.2) is 42.5 Å². The first kappa shape index (κ1) is 27.4. The molecule has 1 aliphatic heterocycles. The fourth-order valence-corrected chi connectivity index (χ4v) is 5.03. The second-order valence-corrected chi connectivity index (χ2v) is 10.3. The molecule has 1 amide bonds. The summed E-state index contributed by atoms with van der Waals surface area (Å²) in [6.07, 6.45) is 0.786. The van der Waals surface area contributed by atoms with Gasteiger partial charge in [-0.05, 0) is 63.2 Å². The first-order valence-electron chi connectivity index (χ1n) is 12.8. The van der Waals surface area contributed by atoms with Gasteiger partial charge >= 0.3 is 0 Å². The van der Waals surface area contributed by atoms with Gasteiger partial charge in [-0.15, -0.1) is 0 Å². The van der Waals surface area contributed by atoms with E-state index in [1.807, 2.05) is 29.5 Å². The van der Waals surface area contributed by atoms with E-state index in [2.05, 4.69) is 23.6 Å². The van der Waals surface area contributed by atoms with Gasteiger partial charge in [-0.2, -0.15) is 5.10 Å². The molecule has 9 heteroatoms. The molecule has 4 rings (SSSR count). The van der Waals surface area contributed by atoms with E-state index in [1.54, 1.807) is 24.3 Å². The minimum Gasteiger partial charge on any atom is -0.354 e. The number of anilines is 1. The monoisotopic (exact) mass is 545 g/mol. The molecule has 0 saturated carbocycles. The van der Waals surface area contributed by atoms with Crippen LogP contribution in [0.2, 0.25) is 10.0 Å². The maximum absolute atomic E-state index is 14.2. The van der Waals surface area contributed by atoms with Crippen LogP contribution in [0.3, 0.4) is 0 Å². The molecule has 1 atom stereocenters. The minimum atomic E-state index is -0.315. The molecule has 0 aliphatic carbocycles. The number of amides is 1. The molecule has 0 radical (unpaired) electrons. The second-order valence-electron chi connectivity index (χ2n) is 9.52. The van der Waals surface area contributed by atoms with Gasteiger partial charge in [0.1, 0.15) is 11.6 Å². The van der Waals surface area contributed by atoms with E-state index in [4.69, 9.17) is 28.3 Å². The summed E-state index contributed by atoms with van der Waals surface area (Å²) >= 11 is 12.3. The predicted molar refractivity (Wildman–Crippen MR) is 149 cm³/mol. The van der Waals surface area contributed by atoms with Crippen molar-refractivity contribution in [1.29, 1.82) is 0 Å². The molecule has 1 aliphatic rings. The van der Waals surface area contributed by atoms with Crippen molar-refractivity contribution in [1.82, 2.24) is 19.6 Å². The van der Waals surface area contributed by atoms with Crippen LogP contribution in [0.5, 0.6) is 0 Å². The molecule has 198 valence electrons. The van der Waals surface area contributed by atoms with Gasteiger partial charge in [-0.25, -0.2) is 9.07 Å². The highest BCUT2D eigenvalue weighted by atomic mass is 35.5. The Balaban J connectivity index is 1.77. The first-order valence-corrected chi connectivity index (χ1v) is 13.6. The number of aromatic nitrogens is 2. The van der Waals surface area contributed by atoms with Crippen molar-refractivity contribution in [2.24, 2.45) is 0 Å². The van der Waals surface area contributed by atoms with Gasteiger partial charge in [0, 0.05) is 43.3 Å². The van der Waals surface area contributed by atoms with Crippen LogP contribution >= 0.6 is 23.2 Å². The van der Waals surface area contributed by atoms with E-state index in [0.29, 0.717) is 27.8 Å². The average molecular weight is 547 g/mol. The molecule has 1 saturated heterocycles. The summed E-state index contributed by atoms with van der Waals surface area (Å²) < 4.78 is 16.0. The van der Waals surface area contributed by atoms with E-state index in [9.17, 15) is 9.18 Å². The van der Waals surface area contributed by atoms with Crippen molar-refractivity contribution in [2.75, 3.05) is 37.6 Å². The summed E-state index contributed by atoms with van der Waals surface area (Å²) in [5.41, 5.74) is 2.92. The predicted octanol–water partition coefficient (Wildman–Crippen LogP) is 6.21. The van der Waals surface area contributed by atoms with E-state index >= 15 is 0 Å². The van der Waals surface area contributed by atoms with E-state index < -0.39 is 0 Å². The average Bonchev–Trinajstić information content (AvgIpc) is 3.23. The van der Waals surface area contributed by atoms with Crippen LogP contribution in [0.1, 0.15) is 48.8 Å². The Kier molecular flexibility index (Phi) is 8.78. The topological polar surface area (TPSA) is 44.6 Å². The summed E-state index contributed by atoms with van der Waals surface area (Å²) in [5, 5.41) is 5.61. The fraction of sp³-hybridized carbons (Fsp3) is 0.429. The second kappa shape index (κ2) is 11.8. The summed E-state index contributed by atoms with van der Waals surface area (Å²) in [6, 6.07) is 11.4. The van der Waals surface area contributed by atoms with Crippen molar-refractivity contribution >= 4 is 34.9 Å². The summed E-state index contributed by atoms with van der Waals surface area (Å²) in [4.78, 5) is 20.3. The molecule has 2 aromatic carbocycles. The molecule has 37 heavy (non-hydrogen) atoms. The summed E-state index contributed by atoms with van der Waals surface area (Å²) in [6.45, 7) is 13.1. The lowest BCUT2D eigenvalue weighted by Gasteiger charge is -2.37. The molecular formula is C28H34Cl2FN5O. The summed E-state index contributed by atoms with van der Waals surface area (Å²) in [7, 11) is 0. The van der Waals surface area contributed by atoms with E-state index in [0.717, 1.165) is 56.2 Å². The Labute approximate surface area is 228 Å². The number of carbonyl (C=O) groups excluding carboxylic acids is 1. The van der Waals surface area contributed by atoms with Gasteiger partial charge in [-0.1, -0.05) is 43.1 Å². The Morgan fingerprint density at radius 3 is 2.43 bits per heavy atom. The standard InChI is InChI=1S/C28H34Cl2FN5O/c1-5-19(3)35(28(37)21-10-11-25(29)26(30)16-21)18-24-20(4)32-36(23-9-7-8-22(31)17-23)27(24)34-14-12-33(6-2)13-15-34/h7-11,16-17,19H,5-6,12-15,18H2,1-4H3/t19-/m1/s1. The third-order valence-electron chi connectivity index (χ3n) is 7.21.